The van der Waals surface area contributed by atoms with Gasteiger partial charge in [-0.3, -0.25) is 9.59 Å². The van der Waals surface area contributed by atoms with Gasteiger partial charge in [-0.15, -0.1) is 0 Å². The first-order valence-corrected chi connectivity index (χ1v) is 5.92. The first-order valence-electron chi connectivity index (χ1n) is 5.92. The van der Waals surface area contributed by atoms with Crippen LogP contribution in [0.5, 0.6) is 0 Å². The minimum Gasteiger partial charge on any atom is -0.377 e. The minimum atomic E-state index is -0.689. The molecule has 0 spiro atoms. The Bertz CT molecular complexity index is 296. The van der Waals surface area contributed by atoms with E-state index in [1.165, 1.54) is 4.90 Å². The van der Waals surface area contributed by atoms with E-state index in [-0.39, 0.29) is 18.4 Å². The Hall–Kier alpha value is -1.14. The highest BCUT2D eigenvalue weighted by Crippen LogP contribution is 2.13. The van der Waals surface area contributed by atoms with Crippen LogP contribution in [0, 0.1) is 5.92 Å². The molecule has 0 radical (unpaired) electrons. The second-order valence-corrected chi connectivity index (χ2v) is 4.44. The lowest BCUT2D eigenvalue weighted by atomic mass is 9.98. The molecule has 4 N–H and O–H groups in total. The average Bonchev–Trinajstić information content (AvgIpc) is 2.35. The van der Waals surface area contributed by atoms with Crippen LogP contribution in [0.25, 0.3) is 0 Å². The van der Waals surface area contributed by atoms with E-state index >= 15 is 0 Å². The fraction of sp³-hybridized carbons (Fsp3) is 0.818. The number of nitrogens with zero attached hydrogens (tertiary/aromatic N) is 1. The van der Waals surface area contributed by atoms with Gasteiger partial charge in [-0.1, -0.05) is 20.3 Å². The van der Waals surface area contributed by atoms with Crippen molar-refractivity contribution in [1.82, 2.24) is 4.90 Å². The molecule has 1 aliphatic heterocycles. The largest absolute Gasteiger partial charge is 0.377 e. The highest BCUT2D eigenvalue weighted by atomic mass is 16.5. The molecule has 1 heterocycles. The molecule has 1 saturated heterocycles. The molecule has 2 amide bonds. The van der Waals surface area contributed by atoms with Gasteiger partial charge in [-0.25, -0.2) is 0 Å². The van der Waals surface area contributed by atoms with Gasteiger partial charge in [0, 0.05) is 6.54 Å². The summed E-state index contributed by atoms with van der Waals surface area (Å²) in [5, 5.41) is 0. The summed E-state index contributed by atoms with van der Waals surface area (Å²) >= 11 is 0. The Labute approximate surface area is 101 Å². The van der Waals surface area contributed by atoms with Crippen molar-refractivity contribution >= 4 is 11.8 Å². The van der Waals surface area contributed by atoms with Crippen LogP contribution in [-0.4, -0.2) is 48.6 Å². The van der Waals surface area contributed by atoms with Crippen LogP contribution in [-0.2, 0) is 14.3 Å². The molecular weight excluding hydrogens is 222 g/mol. The molecule has 0 aliphatic carbocycles. The molecule has 3 atom stereocenters. The number of carbonyl (C=O) groups excluding carboxylic acids is 2. The van der Waals surface area contributed by atoms with Gasteiger partial charge < -0.3 is 21.1 Å². The van der Waals surface area contributed by atoms with Crippen molar-refractivity contribution in [3.63, 3.8) is 0 Å². The summed E-state index contributed by atoms with van der Waals surface area (Å²) in [4.78, 5) is 24.8. The van der Waals surface area contributed by atoms with Crippen LogP contribution >= 0.6 is 0 Å². The van der Waals surface area contributed by atoms with Gasteiger partial charge in [0.15, 0.2) is 0 Å². The van der Waals surface area contributed by atoms with Crippen molar-refractivity contribution in [2.45, 2.75) is 32.4 Å². The predicted molar refractivity (Wildman–Crippen MR) is 62.9 cm³/mol. The topological polar surface area (TPSA) is 98.7 Å². The van der Waals surface area contributed by atoms with Crippen molar-refractivity contribution in [2.24, 2.45) is 17.4 Å². The van der Waals surface area contributed by atoms with E-state index in [1.54, 1.807) is 0 Å². The first kappa shape index (κ1) is 13.9. The molecule has 1 rings (SSSR count). The predicted octanol–water partition coefficient (Wildman–Crippen LogP) is -0.927. The number of morpholine rings is 1. The number of primary amides is 1. The third kappa shape index (κ3) is 3.17. The standard InChI is InChI=1S/C11H21N3O3/c1-3-7(2)9(12)11(16)14-4-5-17-6-8(14)10(13)15/h7-9H,3-6,12H2,1-2H3,(H2,13,15)/t7?,8?,9-/m0/s1. The zero-order chi connectivity index (χ0) is 13.0. The van der Waals surface area contributed by atoms with Gasteiger partial charge in [0.2, 0.25) is 11.8 Å². The Morgan fingerprint density at radius 3 is 2.71 bits per heavy atom. The van der Waals surface area contributed by atoms with Crippen molar-refractivity contribution in [3.05, 3.63) is 0 Å². The Balaban J connectivity index is 2.74. The minimum absolute atomic E-state index is 0.0823. The summed E-state index contributed by atoms with van der Waals surface area (Å²) in [5.41, 5.74) is 11.1. The van der Waals surface area contributed by atoms with E-state index in [1.807, 2.05) is 13.8 Å². The molecule has 1 fully saturated rings. The van der Waals surface area contributed by atoms with Crippen LogP contribution in [0.4, 0.5) is 0 Å². The fourth-order valence-electron chi connectivity index (χ4n) is 1.79. The number of amides is 2. The van der Waals surface area contributed by atoms with Crippen LogP contribution < -0.4 is 11.5 Å². The normalized spacial score (nSPS) is 24.2. The molecule has 2 unspecified atom stereocenters. The van der Waals surface area contributed by atoms with Gasteiger partial charge in [0.1, 0.15) is 6.04 Å². The SMILES string of the molecule is CCC(C)[C@H](N)C(=O)N1CCOCC1C(N)=O. The molecule has 6 heteroatoms. The number of rotatable bonds is 4. The Morgan fingerprint density at radius 1 is 1.53 bits per heavy atom. The molecule has 1 aliphatic rings. The summed E-state index contributed by atoms with van der Waals surface area (Å²) in [5.74, 6) is -0.681. The van der Waals surface area contributed by atoms with Crippen molar-refractivity contribution < 1.29 is 14.3 Å². The highest BCUT2D eigenvalue weighted by molar-refractivity contribution is 5.89. The lowest BCUT2D eigenvalue weighted by Crippen LogP contribution is -2.59. The lowest BCUT2D eigenvalue weighted by molar-refractivity contribution is -0.149. The van der Waals surface area contributed by atoms with Gasteiger partial charge in [-0.2, -0.15) is 0 Å². The van der Waals surface area contributed by atoms with Crippen LogP contribution in [0.1, 0.15) is 20.3 Å². The monoisotopic (exact) mass is 243 g/mol. The molecule has 98 valence electrons. The van der Waals surface area contributed by atoms with Gasteiger partial charge in [0.25, 0.3) is 0 Å². The number of carbonyl (C=O) groups is 2. The third-order valence-electron chi connectivity index (χ3n) is 3.28. The van der Waals surface area contributed by atoms with Gasteiger partial charge in [-0.05, 0) is 5.92 Å². The Morgan fingerprint density at radius 2 is 2.18 bits per heavy atom. The van der Waals surface area contributed by atoms with Crippen molar-refractivity contribution in [2.75, 3.05) is 19.8 Å². The quantitative estimate of drug-likeness (QED) is 0.666. The molecular formula is C11H21N3O3. The van der Waals surface area contributed by atoms with E-state index < -0.39 is 18.0 Å². The highest BCUT2D eigenvalue weighted by Gasteiger charge is 2.34. The number of ether oxygens (including phenoxy) is 1. The van der Waals surface area contributed by atoms with E-state index in [0.29, 0.717) is 13.2 Å². The van der Waals surface area contributed by atoms with E-state index in [9.17, 15) is 9.59 Å². The third-order valence-corrected chi connectivity index (χ3v) is 3.28. The molecule has 0 aromatic rings. The summed E-state index contributed by atoms with van der Waals surface area (Å²) in [6.07, 6.45) is 0.818. The van der Waals surface area contributed by atoms with Crippen molar-refractivity contribution in [1.29, 1.82) is 0 Å². The molecule has 0 aromatic carbocycles. The number of hydrogen-bond acceptors (Lipinski definition) is 4. The molecule has 6 nitrogen and oxygen atoms in total. The Kier molecular flexibility index (Phi) is 4.89. The molecule has 17 heavy (non-hydrogen) atoms. The summed E-state index contributed by atoms with van der Waals surface area (Å²) in [6.45, 7) is 4.85. The molecule has 0 aromatic heterocycles. The van der Waals surface area contributed by atoms with Crippen LogP contribution in [0.2, 0.25) is 0 Å². The zero-order valence-corrected chi connectivity index (χ0v) is 10.4. The smallest absolute Gasteiger partial charge is 0.242 e. The van der Waals surface area contributed by atoms with Gasteiger partial charge in [0.05, 0.1) is 19.3 Å². The fourth-order valence-corrected chi connectivity index (χ4v) is 1.79. The first-order chi connectivity index (χ1) is 7.99. The van der Waals surface area contributed by atoms with E-state index in [2.05, 4.69) is 0 Å². The van der Waals surface area contributed by atoms with E-state index in [4.69, 9.17) is 16.2 Å². The molecule has 0 saturated carbocycles. The van der Waals surface area contributed by atoms with Crippen molar-refractivity contribution in [3.8, 4) is 0 Å². The average molecular weight is 243 g/mol. The summed E-state index contributed by atoms with van der Waals surface area (Å²) in [6, 6.07) is -1.27. The maximum atomic E-state index is 12.2. The number of hydrogen-bond donors (Lipinski definition) is 2. The zero-order valence-electron chi connectivity index (χ0n) is 10.4. The maximum Gasteiger partial charge on any atom is 0.242 e. The van der Waals surface area contributed by atoms with E-state index in [0.717, 1.165) is 6.42 Å². The maximum absolute atomic E-state index is 12.2. The van der Waals surface area contributed by atoms with Gasteiger partial charge >= 0.3 is 0 Å². The second-order valence-electron chi connectivity index (χ2n) is 4.44. The van der Waals surface area contributed by atoms with Crippen LogP contribution in [0.15, 0.2) is 0 Å². The lowest BCUT2D eigenvalue weighted by Gasteiger charge is -2.36. The second kappa shape index (κ2) is 5.97. The van der Waals surface area contributed by atoms with Crippen LogP contribution in [0.3, 0.4) is 0 Å². The number of nitrogens with two attached hydrogens (primary N) is 2. The summed E-state index contributed by atoms with van der Waals surface area (Å²) < 4.78 is 5.15. The summed E-state index contributed by atoms with van der Waals surface area (Å²) in [7, 11) is 0. The molecule has 0 bridgehead atoms.